The molecule has 0 fully saturated rings. The molecule has 0 heterocycles. The summed E-state index contributed by atoms with van der Waals surface area (Å²) in [6.45, 7) is 8.19. The number of carbonyl (C=O) groups excluding carboxylic acids is 1. The zero-order valence-corrected chi connectivity index (χ0v) is 12.6. The van der Waals surface area contributed by atoms with Crippen LogP contribution in [0.3, 0.4) is 0 Å². The van der Waals surface area contributed by atoms with E-state index >= 15 is 0 Å². The second-order valence-electron chi connectivity index (χ2n) is 6.08. The van der Waals surface area contributed by atoms with E-state index in [1.54, 1.807) is 13.0 Å². The molecule has 1 aromatic carbocycles. The molecule has 110 valence electrons. The SMILES string of the molecule is CC(CCNC(=O)c1ccccc1C(C)(C)C)C(=O)O. The summed E-state index contributed by atoms with van der Waals surface area (Å²) in [6, 6.07) is 7.51. The second-order valence-corrected chi connectivity index (χ2v) is 6.08. The number of benzene rings is 1. The van der Waals surface area contributed by atoms with Gasteiger partial charge in [0.05, 0.1) is 5.92 Å². The lowest BCUT2D eigenvalue weighted by Gasteiger charge is -2.22. The molecule has 0 aliphatic rings. The highest BCUT2D eigenvalue weighted by Crippen LogP contribution is 2.25. The standard InChI is InChI=1S/C16H23NO3/c1-11(15(19)20)9-10-17-14(18)12-7-5-6-8-13(12)16(2,3)4/h5-8,11H,9-10H2,1-4H3,(H,17,18)(H,19,20). The average Bonchev–Trinajstić information content (AvgIpc) is 2.37. The van der Waals surface area contributed by atoms with E-state index < -0.39 is 11.9 Å². The zero-order valence-electron chi connectivity index (χ0n) is 12.6. The molecule has 0 aliphatic heterocycles. The van der Waals surface area contributed by atoms with E-state index in [0.717, 1.165) is 5.56 Å². The molecule has 1 aromatic rings. The maximum atomic E-state index is 12.2. The van der Waals surface area contributed by atoms with Crippen LogP contribution in [0, 0.1) is 5.92 Å². The van der Waals surface area contributed by atoms with Crippen molar-refractivity contribution in [1.29, 1.82) is 0 Å². The topological polar surface area (TPSA) is 66.4 Å². The maximum absolute atomic E-state index is 12.2. The normalized spacial score (nSPS) is 12.8. The first-order valence-electron chi connectivity index (χ1n) is 6.84. The van der Waals surface area contributed by atoms with Gasteiger partial charge in [0.15, 0.2) is 0 Å². The maximum Gasteiger partial charge on any atom is 0.306 e. The molecule has 2 N–H and O–H groups in total. The molecule has 0 aromatic heterocycles. The molecule has 1 unspecified atom stereocenters. The van der Waals surface area contributed by atoms with Crippen molar-refractivity contribution >= 4 is 11.9 Å². The molecule has 1 amide bonds. The zero-order chi connectivity index (χ0) is 15.3. The van der Waals surface area contributed by atoms with Crippen LogP contribution in [0.4, 0.5) is 0 Å². The molecule has 0 bridgehead atoms. The number of rotatable bonds is 5. The quantitative estimate of drug-likeness (QED) is 0.869. The van der Waals surface area contributed by atoms with Crippen molar-refractivity contribution in [2.75, 3.05) is 6.54 Å². The summed E-state index contributed by atoms with van der Waals surface area (Å²) in [4.78, 5) is 22.9. The third kappa shape index (κ3) is 4.37. The Morgan fingerprint density at radius 3 is 2.40 bits per heavy atom. The minimum atomic E-state index is -0.839. The van der Waals surface area contributed by atoms with E-state index in [0.29, 0.717) is 18.5 Å². The van der Waals surface area contributed by atoms with E-state index in [-0.39, 0.29) is 11.3 Å². The van der Waals surface area contributed by atoms with Crippen molar-refractivity contribution in [3.8, 4) is 0 Å². The summed E-state index contributed by atoms with van der Waals surface area (Å²) in [5, 5.41) is 11.6. The van der Waals surface area contributed by atoms with Gasteiger partial charge in [-0.05, 0) is 23.5 Å². The summed E-state index contributed by atoms with van der Waals surface area (Å²) in [5.41, 5.74) is 1.54. The lowest BCUT2D eigenvalue weighted by Crippen LogP contribution is -2.29. The first-order valence-corrected chi connectivity index (χ1v) is 6.84. The summed E-state index contributed by atoms with van der Waals surface area (Å²) < 4.78 is 0. The van der Waals surface area contributed by atoms with Gasteiger partial charge in [-0.25, -0.2) is 0 Å². The number of aliphatic carboxylic acids is 1. The fraction of sp³-hybridized carbons (Fsp3) is 0.500. The first-order chi connectivity index (χ1) is 9.23. The molecule has 0 saturated carbocycles. The summed E-state index contributed by atoms with van der Waals surface area (Å²) >= 11 is 0. The van der Waals surface area contributed by atoms with Gasteiger partial charge in [-0.3, -0.25) is 9.59 Å². The van der Waals surface area contributed by atoms with Crippen molar-refractivity contribution < 1.29 is 14.7 Å². The van der Waals surface area contributed by atoms with Crippen molar-refractivity contribution in [2.24, 2.45) is 5.92 Å². The highest BCUT2D eigenvalue weighted by molar-refractivity contribution is 5.96. The van der Waals surface area contributed by atoms with Crippen LogP contribution in [0.15, 0.2) is 24.3 Å². The Balaban J connectivity index is 2.72. The molecular formula is C16H23NO3. The number of nitrogens with one attached hydrogen (secondary N) is 1. The third-order valence-corrected chi connectivity index (χ3v) is 3.26. The van der Waals surface area contributed by atoms with E-state index in [9.17, 15) is 9.59 Å². The number of carbonyl (C=O) groups is 2. The minimum absolute atomic E-state index is 0.109. The van der Waals surface area contributed by atoms with Crippen LogP contribution in [0.2, 0.25) is 0 Å². The fourth-order valence-electron chi connectivity index (χ4n) is 1.96. The Kier molecular flexibility index (Phi) is 5.31. The van der Waals surface area contributed by atoms with Crippen molar-refractivity contribution in [3.05, 3.63) is 35.4 Å². The van der Waals surface area contributed by atoms with Crippen LogP contribution >= 0.6 is 0 Å². The van der Waals surface area contributed by atoms with Crippen LogP contribution in [0.25, 0.3) is 0 Å². The average molecular weight is 277 g/mol. The summed E-state index contributed by atoms with van der Waals surface area (Å²) in [7, 11) is 0. The van der Waals surface area contributed by atoms with Crippen LogP contribution in [-0.2, 0) is 10.2 Å². The van der Waals surface area contributed by atoms with Crippen LogP contribution in [-0.4, -0.2) is 23.5 Å². The number of hydrogen-bond donors (Lipinski definition) is 2. The van der Waals surface area contributed by atoms with Gasteiger partial charge >= 0.3 is 5.97 Å². The highest BCUT2D eigenvalue weighted by Gasteiger charge is 2.21. The Labute approximate surface area is 120 Å². The number of amides is 1. The molecule has 0 aliphatic carbocycles. The Bertz CT molecular complexity index is 489. The molecule has 4 nitrogen and oxygen atoms in total. The lowest BCUT2D eigenvalue weighted by atomic mass is 9.83. The van der Waals surface area contributed by atoms with Crippen LogP contribution in [0.5, 0.6) is 0 Å². The molecule has 1 rings (SSSR count). The highest BCUT2D eigenvalue weighted by atomic mass is 16.4. The number of hydrogen-bond acceptors (Lipinski definition) is 2. The molecular weight excluding hydrogens is 254 g/mol. The lowest BCUT2D eigenvalue weighted by molar-refractivity contribution is -0.141. The first kappa shape index (κ1) is 16.2. The van der Waals surface area contributed by atoms with Gasteiger partial charge in [0.2, 0.25) is 0 Å². The molecule has 20 heavy (non-hydrogen) atoms. The predicted octanol–water partition coefficient (Wildman–Crippen LogP) is 2.82. The van der Waals surface area contributed by atoms with E-state index in [4.69, 9.17) is 5.11 Å². The molecule has 4 heteroatoms. The van der Waals surface area contributed by atoms with Crippen LogP contribution < -0.4 is 5.32 Å². The Morgan fingerprint density at radius 2 is 1.85 bits per heavy atom. The second kappa shape index (κ2) is 6.55. The minimum Gasteiger partial charge on any atom is -0.481 e. The summed E-state index contributed by atoms with van der Waals surface area (Å²) in [6.07, 6.45) is 0.429. The largest absolute Gasteiger partial charge is 0.481 e. The molecule has 0 saturated heterocycles. The van der Waals surface area contributed by atoms with Crippen LogP contribution in [0.1, 0.15) is 50.0 Å². The predicted molar refractivity (Wildman–Crippen MR) is 78.9 cm³/mol. The third-order valence-electron chi connectivity index (χ3n) is 3.26. The van der Waals surface area contributed by atoms with Crippen molar-refractivity contribution in [1.82, 2.24) is 5.32 Å². The van der Waals surface area contributed by atoms with Gasteiger partial charge in [0.1, 0.15) is 0 Å². The smallest absolute Gasteiger partial charge is 0.306 e. The van der Waals surface area contributed by atoms with Gasteiger partial charge in [0.25, 0.3) is 5.91 Å². The fourth-order valence-corrected chi connectivity index (χ4v) is 1.96. The Hall–Kier alpha value is -1.84. The van der Waals surface area contributed by atoms with E-state index in [1.165, 1.54) is 0 Å². The molecule has 0 spiro atoms. The summed E-state index contributed by atoms with van der Waals surface area (Å²) in [5.74, 6) is -1.43. The number of carboxylic acids is 1. The van der Waals surface area contributed by atoms with E-state index in [1.807, 2.05) is 18.2 Å². The number of carboxylic acid groups (broad SMARTS) is 1. The van der Waals surface area contributed by atoms with Gasteiger partial charge in [-0.15, -0.1) is 0 Å². The van der Waals surface area contributed by atoms with Crippen molar-refractivity contribution in [2.45, 2.75) is 39.5 Å². The Morgan fingerprint density at radius 1 is 1.25 bits per heavy atom. The monoisotopic (exact) mass is 277 g/mol. The van der Waals surface area contributed by atoms with E-state index in [2.05, 4.69) is 26.1 Å². The van der Waals surface area contributed by atoms with Crippen molar-refractivity contribution in [3.63, 3.8) is 0 Å². The molecule has 1 atom stereocenters. The van der Waals surface area contributed by atoms with Gasteiger partial charge in [-0.2, -0.15) is 0 Å². The van der Waals surface area contributed by atoms with Gasteiger partial charge in [-0.1, -0.05) is 45.9 Å². The van der Waals surface area contributed by atoms with Gasteiger partial charge < -0.3 is 10.4 Å². The molecule has 0 radical (unpaired) electrons. The van der Waals surface area contributed by atoms with Gasteiger partial charge in [0, 0.05) is 12.1 Å².